The third-order valence-electron chi connectivity index (χ3n) is 5.43. The third kappa shape index (κ3) is 5.70. The highest BCUT2D eigenvalue weighted by molar-refractivity contribution is 5.90. The molecule has 0 radical (unpaired) electrons. The van der Waals surface area contributed by atoms with Crippen LogP contribution in [0.2, 0.25) is 0 Å². The van der Waals surface area contributed by atoms with Gasteiger partial charge in [-0.1, -0.05) is 44.1 Å². The average molecular weight is 304 g/mol. The van der Waals surface area contributed by atoms with Crippen molar-refractivity contribution in [3.05, 3.63) is 11.6 Å². The Morgan fingerprint density at radius 1 is 0.818 bits per heavy atom. The van der Waals surface area contributed by atoms with Crippen LogP contribution in [0, 0.1) is 11.8 Å². The molecular weight excluding hydrogens is 272 g/mol. The maximum atomic E-state index is 12.3. The van der Waals surface area contributed by atoms with Gasteiger partial charge in [-0.05, 0) is 56.9 Å². The maximum absolute atomic E-state index is 12.3. The molecule has 0 unspecified atom stereocenters. The average Bonchev–Trinajstić information content (AvgIpc) is 2.54. The molecule has 0 N–H and O–H groups in total. The van der Waals surface area contributed by atoms with Crippen LogP contribution in [0.1, 0.15) is 90.4 Å². The first-order valence-corrected chi connectivity index (χ1v) is 9.40. The molecule has 124 valence electrons. The Morgan fingerprint density at radius 3 is 1.77 bits per heavy atom. The molecule has 2 fully saturated rings. The monoisotopic (exact) mass is 304 g/mol. The highest BCUT2D eigenvalue weighted by Crippen LogP contribution is 2.39. The lowest BCUT2D eigenvalue weighted by molar-refractivity contribution is -0.117. The summed E-state index contributed by atoms with van der Waals surface area (Å²) < 4.78 is 0. The summed E-state index contributed by atoms with van der Waals surface area (Å²) in [5.74, 6) is 1.77. The molecule has 0 aromatic rings. The second-order valence-electron chi connectivity index (χ2n) is 7.34. The molecule has 0 saturated heterocycles. The highest BCUT2D eigenvalue weighted by atomic mass is 16.1. The largest absolute Gasteiger partial charge is 0.300 e. The normalized spacial score (nSPS) is 20.6. The number of carbonyl (C=O) groups is 2. The van der Waals surface area contributed by atoms with E-state index in [0.29, 0.717) is 31.1 Å². The van der Waals surface area contributed by atoms with Crippen molar-refractivity contribution < 1.29 is 9.59 Å². The van der Waals surface area contributed by atoms with Crippen molar-refractivity contribution >= 4 is 11.6 Å². The van der Waals surface area contributed by atoms with E-state index in [4.69, 9.17) is 0 Å². The SMILES string of the molecule is CC(=O)CCCC(=O)C=C(C1CCCCC1)C1CCCCC1. The Hall–Kier alpha value is -0.920. The van der Waals surface area contributed by atoms with E-state index in [-0.39, 0.29) is 11.6 Å². The van der Waals surface area contributed by atoms with Crippen molar-refractivity contribution in [3.8, 4) is 0 Å². The van der Waals surface area contributed by atoms with Crippen molar-refractivity contribution in [1.29, 1.82) is 0 Å². The van der Waals surface area contributed by atoms with E-state index in [1.54, 1.807) is 6.92 Å². The Bertz CT molecular complexity index is 376. The van der Waals surface area contributed by atoms with E-state index in [1.165, 1.54) is 69.8 Å². The lowest BCUT2D eigenvalue weighted by Gasteiger charge is -2.32. The zero-order chi connectivity index (χ0) is 15.8. The Balaban J connectivity index is 1.99. The molecule has 0 aromatic heterocycles. The van der Waals surface area contributed by atoms with Gasteiger partial charge >= 0.3 is 0 Å². The van der Waals surface area contributed by atoms with Crippen molar-refractivity contribution in [2.24, 2.45) is 11.8 Å². The lowest BCUT2D eigenvalue weighted by atomic mass is 9.73. The summed E-state index contributed by atoms with van der Waals surface area (Å²) in [6, 6.07) is 0. The zero-order valence-electron chi connectivity index (χ0n) is 14.2. The van der Waals surface area contributed by atoms with Gasteiger partial charge in [-0.3, -0.25) is 4.79 Å². The van der Waals surface area contributed by atoms with E-state index >= 15 is 0 Å². The summed E-state index contributed by atoms with van der Waals surface area (Å²) in [4.78, 5) is 23.3. The first-order chi connectivity index (χ1) is 10.7. The minimum absolute atomic E-state index is 0.191. The van der Waals surface area contributed by atoms with Crippen molar-refractivity contribution in [1.82, 2.24) is 0 Å². The number of allylic oxidation sites excluding steroid dienone is 2. The molecule has 0 bridgehead atoms. The predicted molar refractivity (Wildman–Crippen MR) is 90.8 cm³/mol. The topological polar surface area (TPSA) is 34.1 Å². The van der Waals surface area contributed by atoms with Crippen LogP contribution in [0.25, 0.3) is 0 Å². The molecule has 0 heterocycles. The van der Waals surface area contributed by atoms with Crippen molar-refractivity contribution in [3.63, 3.8) is 0 Å². The molecule has 2 saturated carbocycles. The Morgan fingerprint density at radius 2 is 1.32 bits per heavy atom. The molecule has 2 aliphatic rings. The first kappa shape index (κ1) is 17.4. The molecule has 22 heavy (non-hydrogen) atoms. The van der Waals surface area contributed by atoms with E-state index in [2.05, 4.69) is 0 Å². The van der Waals surface area contributed by atoms with Crippen LogP contribution >= 0.6 is 0 Å². The fraction of sp³-hybridized carbons (Fsp3) is 0.800. The van der Waals surface area contributed by atoms with Gasteiger partial charge in [0.25, 0.3) is 0 Å². The molecule has 0 amide bonds. The van der Waals surface area contributed by atoms with Crippen LogP contribution in [0.4, 0.5) is 0 Å². The van der Waals surface area contributed by atoms with Crippen LogP contribution in [0.3, 0.4) is 0 Å². The Labute approximate surface area is 135 Å². The van der Waals surface area contributed by atoms with Crippen LogP contribution in [0.5, 0.6) is 0 Å². The smallest absolute Gasteiger partial charge is 0.155 e. The van der Waals surface area contributed by atoms with Crippen molar-refractivity contribution in [2.45, 2.75) is 90.4 Å². The fourth-order valence-corrected chi connectivity index (χ4v) is 4.21. The number of ketones is 2. The summed E-state index contributed by atoms with van der Waals surface area (Å²) in [7, 11) is 0. The molecule has 2 aliphatic carbocycles. The molecule has 0 atom stereocenters. The van der Waals surface area contributed by atoms with Gasteiger partial charge in [0, 0.05) is 12.8 Å². The standard InChI is InChI=1S/C20H32O2/c1-16(21)9-8-14-19(22)15-20(17-10-4-2-5-11-17)18-12-6-3-7-13-18/h15,17-18H,2-14H2,1H3. The summed E-state index contributed by atoms with van der Waals surface area (Å²) >= 11 is 0. The summed E-state index contributed by atoms with van der Waals surface area (Å²) in [5.41, 5.74) is 1.48. The predicted octanol–water partition coefficient (Wildman–Crippen LogP) is 5.40. The van der Waals surface area contributed by atoms with Gasteiger partial charge in [0.1, 0.15) is 5.78 Å². The Kier molecular flexibility index (Phi) is 7.35. The molecule has 0 aromatic carbocycles. The van der Waals surface area contributed by atoms with Gasteiger partial charge in [-0.2, -0.15) is 0 Å². The van der Waals surface area contributed by atoms with Gasteiger partial charge in [0.15, 0.2) is 5.78 Å². The maximum Gasteiger partial charge on any atom is 0.155 e. The van der Waals surface area contributed by atoms with Gasteiger partial charge in [0.2, 0.25) is 0 Å². The number of rotatable bonds is 7. The van der Waals surface area contributed by atoms with Gasteiger partial charge in [-0.25, -0.2) is 0 Å². The first-order valence-electron chi connectivity index (χ1n) is 9.40. The third-order valence-corrected chi connectivity index (χ3v) is 5.43. The molecule has 2 heteroatoms. The van der Waals surface area contributed by atoms with Crippen LogP contribution < -0.4 is 0 Å². The number of carbonyl (C=O) groups excluding carboxylic acids is 2. The minimum atomic E-state index is 0.191. The van der Waals surface area contributed by atoms with Crippen LogP contribution in [-0.4, -0.2) is 11.6 Å². The number of hydrogen-bond donors (Lipinski definition) is 0. The second kappa shape index (κ2) is 9.27. The van der Waals surface area contributed by atoms with Gasteiger partial charge < -0.3 is 4.79 Å². The molecule has 2 nitrogen and oxygen atoms in total. The van der Waals surface area contributed by atoms with Gasteiger partial charge in [0.05, 0.1) is 0 Å². The van der Waals surface area contributed by atoms with E-state index in [0.717, 1.165) is 0 Å². The number of hydrogen-bond acceptors (Lipinski definition) is 2. The molecule has 0 aliphatic heterocycles. The summed E-state index contributed by atoms with van der Waals surface area (Å²) in [5, 5.41) is 0. The zero-order valence-corrected chi connectivity index (χ0v) is 14.2. The second-order valence-corrected chi connectivity index (χ2v) is 7.34. The minimum Gasteiger partial charge on any atom is -0.300 e. The van der Waals surface area contributed by atoms with Crippen LogP contribution in [0.15, 0.2) is 11.6 Å². The fourth-order valence-electron chi connectivity index (χ4n) is 4.21. The van der Waals surface area contributed by atoms with E-state index in [1.807, 2.05) is 6.08 Å². The van der Waals surface area contributed by atoms with E-state index in [9.17, 15) is 9.59 Å². The van der Waals surface area contributed by atoms with E-state index < -0.39 is 0 Å². The quantitative estimate of drug-likeness (QED) is 0.590. The van der Waals surface area contributed by atoms with Crippen molar-refractivity contribution in [2.75, 3.05) is 0 Å². The molecule has 2 rings (SSSR count). The highest BCUT2D eigenvalue weighted by Gasteiger charge is 2.26. The summed E-state index contributed by atoms with van der Waals surface area (Å²) in [6.45, 7) is 1.61. The number of Topliss-reactive ketones (excluding diaryl/α,β-unsaturated/α-hetero) is 1. The molecular formula is C20H32O2. The lowest BCUT2D eigenvalue weighted by Crippen LogP contribution is -2.20. The molecule has 0 spiro atoms. The van der Waals surface area contributed by atoms with Gasteiger partial charge in [-0.15, -0.1) is 0 Å². The van der Waals surface area contributed by atoms with Crippen LogP contribution in [-0.2, 0) is 9.59 Å². The summed E-state index contributed by atoms with van der Waals surface area (Å²) in [6.07, 6.45) is 17.0.